The summed E-state index contributed by atoms with van der Waals surface area (Å²) >= 11 is 0. The van der Waals surface area contributed by atoms with Crippen molar-refractivity contribution in [2.24, 2.45) is 5.73 Å². The molecule has 1 fully saturated rings. The Morgan fingerprint density at radius 1 is 1.17 bits per heavy atom. The summed E-state index contributed by atoms with van der Waals surface area (Å²) in [7, 11) is 0. The predicted octanol–water partition coefficient (Wildman–Crippen LogP) is 3.79. The highest BCUT2D eigenvalue weighted by Crippen LogP contribution is 2.28. The maximum atomic E-state index is 12.4. The Labute approximate surface area is 173 Å². The summed E-state index contributed by atoms with van der Waals surface area (Å²) in [6, 6.07) is 13.4. The number of nitrogens with two attached hydrogens (primary N) is 1. The standard InChI is InChI=1S/C22H26N2O3.C2H6/c23-14-17-2-1-3-19(12-17)18-8-10-24(11-9-18)22(27)7-5-16-4-6-20(15-25)21(26)13-16;1-2/h1-7,12-13,18,25-26H,8-11,14-15,23H2;1-2H3/b7-5+;. The average molecular weight is 397 g/mol. The number of carbonyl (C=O) groups excluding carboxylic acids is 1. The third-order valence-corrected chi connectivity index (χ3v) is 5.16. The van der Waals surface area contributed by atoms with Crippen LogP contribution in [0.5, 0.6) is 5.75 Å². The van der Waals surface area contributed by atoms with Crippen LogP contribution >= 0.6 is 0 Å². The molecule has 156 valence electrons. The number of rotatable bonds is 5. The molecule has 4 N–H and O–H groups in total. The second kappa shape index (κ2) is 11.4. The van der Waals surface area contributed by atoms with Crippen molar-refractivity contribution in [2.45, 2.75) is 45.8 Å². The van der Waals surface area contributed by atoms with Crippen LogP contribution in [-0.4, -0.2) is 34.1 Å². The SMILES string of the molecule is CC.NCc1cccc(C2CCN(C(=O)/C=C/c3ccc(CO)c(O)c3)CC2)c1. The zero-order chi connectivity index (χ0) is 21.2. The van der Waals surface area contributed by atoms with Crippen LogP contribution in [0.2, 0.25) is 0 Å². The monoisotopic (exact) mass is 396 g/mol. The van der Waals surface area contributed by atoms with Gasteiger partial charge in [0.1, 0.15) is 5.75 Å². The molecule has 0 aliphatic carbocycles. The number of hydrogen-bond donors (Lipinski definition) is 3. The highest BCUT2D eigenvalue weighted by Gasteiger charge is 2.22. The number of phenols is 1. The lowest BCUT2D eigenvalue weighted by atomic mass is 9.88. The molecule has 0 bridgehead atoms. The molecule has 29 heavy (non-hydrogen) atoms. The second-order valence-corrected chi connectivity index (χ2v) is 6.93. The number of carbonyl (C=O) groups is 1. The molecule has 0 radical (unpaired) electrons. The first kappa shape index (κ1) is 22.7. The van der Waals surface area contributed by atoms with E-state index in [0.717, 1.165) is 37.1 Å². The maximum absolute atomic E-state index is 12.4. The van der Waals surface area contributed by atoms with Crippen molar-refractivity contribution < 1.29 is 15.0 Å². The first-order chi connectivity index (χ1) is 14.1. The van der Waals surface area contributed by atoms with Gasteiger partial charge in [-0.05, 0) is 47.6 Å². The summed E-state index contributed by atoms with van der Waals surface area (Å²) in [4.78, 5) is 14.3. The third kappa shape index (κ3) is 6.17. The molecule has 1 aliphatic heterocycles. The van der Waals surface area contributed by atoms with E-state index < -0.39 is 0 Å². The fourth-order valence-corrected chi connectivity index (χ4v) is 3.50. The van der Waals surface area contributed by atoms with Crippen molar-refractivity contribution in [3.63, 3.8) is 0 Å². The molecule has 1 saturated heterocycles. The Hall–Kier alpha value is -2.63. The zero-order valence-corrected chi connectivity index (χ0v) is 17.3. The number of likely N-dealkylation sites (tertiary alicyclic amines) is 1. The molecule has 1 aliphatic rings. The van der Waals surface area contributed by atoms with Gasteiger partial charge in [0.25, 0.3) is 0 Å². The quantitative estimate of drug-likeness (QED) is 0.671. The molecule has 0 unspecified atom stereocenters. The number of aliphatic hydroxyl groups is 1. The molecule has 1 heterocycles. The van der Waals surface area contributed by atoms with Gasteiger partial charge < -0.3 is 20.8 Å². The average Bonchev–Trinajstić information content (AvgIpc) is 2.79. The Bertz CT molecular complexity index is 825. The maximum Gasteiger partial charge on any atom is 0.246 e. The van der Waals surface area contributed by atoms with Crippen LogP contribution in [0, 0.1) is 0 Å². The molecular formula is C24H32N2O3. The Balaban J connectivity index is 0.00000145. The summed E-state index contributed by atoms with van der Waals surface area (Å²) in [5, 5.41) is 18.9. The smallest absolute Gasteiger partial charge is 0.246 e. The summed E-state index contributed by atoms with van der Waals surface area (Å²) in [5.41, 5.74) is 9.38. The minimum absolute atomic E-state index is 0.0186. The normalized spacial score (nSPS) is 14.6. The molecule has 0 atom stereocenters. The topological polar surface area (TPSA) is 86.8 Å². The van der Waals surface area contributed by atoms with E-state index in [1.165, 1.54) is 5.56 Å². The Kier molecular flexibility index (Phi) is 8.90. The van der Waals surface area contributed by atoms with Gasteiger partial charge in [0, 0.05) is 31.3 Å². The summed E-state index contributed by atoms with van der Waals surface area (Å²) in [6.07, 6.45) is 5.13. The zero-order valence-electron chi connectivity index (χ0n) is 17.3. The van der Waals surface area contributed by atoms with Crippen LogP contribution in [-0.2, 0) is 17.9 Å². The van der Waals surface area contributed by atoms with Crippen LogP contribution in [0.15, 0.2) is 48.5 Å². The van der Waals surface area contributed by atoms with Crippen LogP contribution in [0.25, 0.3) is 6.08 Å². The minimum Gasteiger partial charge on any atom is -0.508 e. The third-order valence-electron chi connectivity index (χ3n) is 5.16. The van der Waals surface area contributed by atoms with Crippen LogP contribution in [0.4, 0.5) is 0 Å². The fourth-order valence-electron chi connectivity index (χ4n) is 3.50. The van der Waals surface area contributed by atoms with Crippen LogP contribution < -0.4 is 5.73 Å². The lowest BCUT2D eigenvalue weighted by Crippen LogP contribution is -2.36. The molecule has 2 aromatic rings. The summed E-state index contributed by atoms with van der Waals surface area (Å²) < 4.78 is 0. The Morgan fingerprint density at radius 2 is 1.90 bits per heavy atom. The molecule has 0 saturated carbocycles. The van der Waals surface area contributed by atoms with Gasteiger partial charge in [0.15, 0.2) is 0 Å². The fraction of sp³-hybridized carbons (Fsp3) is 0.375. The number of benzene rings is 2. The second-order valence-electron chi connectivity index (χ2n) is 6.93. The first-order valence-corrected chi connectivity index (χ1v) is 10.3. The van der Waals surface area contributed by atoms with Crippen molar-refractivity contribution >= 4 is 12.0 Å². The molecule has 2 aromatic carbocycles. The van der Waals surface area contributed by atoms with Crippen molar-refractivity contribution in [1.82, 2.24) is 4.90 Å². The largest absolute Gasteiger partial charge is 0.508 e. The molecule has 5 heteroatoms. The van der Waals surface area contributed by atoms with Crippen molar-refractivity contribution in [2.75, 3.05) is 13.1 Å². The van der Waals surface area contributed by atoms with Crippen molar-refractivity contribution in [3.8, 4) is 5.75 Å². The molecule has 3 rings (SSSR count). The van der Waals surface area contributed by atoms with E-state index in [0.29, 0.717) is 18.0 Å². The van der Waals surface area contributed by atoms with E-state index in [-0.39, 0.29) is 18.3 Å². The summed E-state index contributed by atoms with van der Waals surface area (Å²) in [5.74, 6) is 0.481. The Morgan fingerprint density at radius 3 is 2.52 bits per heavy atom. The summed E-state index contributed by atoms with van der Waals surface area (Å²) in [6.45, 7) is 5.80. The van der Waals surface area contributed by atoms with Gasteiger partial charge in [-0.3, -0.25) is 4.79 Å². The number of aromatic hydroxyl groups is 1. The number of aliphatic hydroxyl groups excluding tert-OH is 1. The van der Waals surface area contributed by atoms with Crippen molar-refractivity contribution in [3.05, 3.63) is 70.8 Å². The molecule has 0 spiro atoms. The van der Waals surface area contributed by atoms with E-state index in [1.807, 2.05) is 24.8 Å². The number of piperidine rings is 1. The molecular weight excluding hydrogens is 364 g/mol. The predicted molar refractivity (Wildman–Crippen MR) is 117 cm³/mol. The van der Waals surface area contributed by atoms with Gasteiger partial charge in [0.05, 0.1) is 6.61 Å². The van der Waals surface area contributed by atoms with Crippen LogP contribution in [0.1, 0.15) is 54.9 Å². The lowest BCUT2D eigenvalue weighted by Gasteiger charge is -2.31. The molecule has 0 aromatic heterocycles. The van der Waals surface area contributed by atoms with Crippen LogP contribution in [0.3, 0.4) is 0 Å². The van der Waals surface area contributed by atoms with Crippen molar-refractivity contribution in [1.29, 1.82) is 0 Å². The van der Waals surface area contributed by atoms with Gasteiger partial charge in [-0.25, -0.2) is 0 Å². The first-order valence-electron chi connectivity index (χ1n) is 10.3. The van der Waals surface area contributed by atoms with Gasteiger partial charge >= 0.3 is 0 Å². The number of hydrogen-bond acceptors (Lipinski definition) is 4. The number of amides is 1. The highest BCUT2D eigenvalue weighted by molar-refractivity contribution is 5.91. The van der Waals surface area contributed by atoms with E-state index in [1.54, 1.807) is 30.4 Å². The minimum atomic E-state index is -0.210. The van der Waals surface area contributed by atoms with Gasteiger partial charge in [-0.1, -0.05) is 50.2 Å². The van der Waals surface area contributed by atoms with Gasteiger partial charge in [-0.2, -0.15) is 0 Å². The van der Waals surface area contributed by atoms with E-state index >= 15 is 0 Å². The molecule has 1 amide bonds. The van der Waals surface area contributed by atoms with E-state index in [2.05, 4.69) is 18.2 Å². The van der Waals surface area contributed by atoms with E-state index in [9.17, 15) is 9.90 Å². The molecule has 5 nitrogen and oxygen atoms in total. The van der Waals surface area contributed by atoms with E-state index in [4.69, 9.17) is 10.8 Å². The number of nitrogens with zero attached hydrogens (tertiary/aromatic N) is 1. The van der Waals surface area contributed by atoms with Gasteiger partial charge in [0.2, 0.25) is 5.91 Å². The van der Waals surface area contributed by atoms with Gasteiger partial charge in [-0.15, -0.1) is 0 Å². The lowest BCUT2D eigenvalue weighted by molar-refractivity contribution is -0.126. The highest BCUT2D eigenvalue weighted by atomic mass is 16.3.